The first-order valence-corrected chi connectivity index (χ1v) is 2.20. The van der Waals surface area contributed by atoms with Gasteiger partial charge in [0.2, 0.25) is 0 Å². The Labute approximate surface area is 59.4 Å². The van der Waals surface area contributed by atoms with Crippen molar-refractivity contribution in [2.24, 2.45) is 0 Å². The third-order valence-electron chi connectivity index (χ3n) is 0.386. The van der Waals surface area contributed by atoms with Crippen LogP contribution in [0.3, 0.4) is 0 Å². The summed E-state index contributed by atoms with van der Waals surface area (Å²) < 4.78 is 0.738. The van der Waals surface area contributed by atoms with Crippen LogP contribution in [0.5, 0.6) is 0 Å². The van der Waals surface area contributed by atoms with E-state index in [0.717, 1.165) is 4.60 Å². The number of aromatic amines is 1. The van der Waals surface area contributed by atoms with Gasteiger partial charge in [-0.1, -0.05) is 0 Å². The molecule has 0 aliphatic heterocycles. The predicted octanol–water partition coefficient (Wildman–Crippen LogP) is 1.15. The first-order chi connectivity index (χ1) is 2.89. The second-order valence-electron chi connectivity index (χ2n) is 0.793. The number of aromatic nitrogens is 3. The van der Waals surface area contributed by atoms with E-state index in [9.17, 15) is 0 Å². The first kappa shape index (κ1) is 7.10. The molecule has 0 fully saturated rings. The van der Waals surface area contributed by atoms with Crippen molar-refractivity contribution in [1.29, 1.82) is 0 Å². The van der Waals surface area contributed by atoms with Gasteiger partial charge in [-0.2, -0.15) is 10.3 Å². The second-order valence-corrected chi connectivity index (χ2v) is 1.61. The van der Waals surface area contributed by atoms with Crippen molar-refractivity contribution in [3.63, 3.8) is 0 Å². The fraction of sp³-hybridized carbons (Fsp3) is 0. The van der Waals surface area contributed by atoms with Crippen molar-refractivity contribution >= 4 is 32.9 Å². The highest BCUT2D eigenvalue weighted by Gasteiger charge is 1.79. The quantitative estimate of drug-likeness (QED) is 0.724. The molecule has 1 aromatic heterocycles. The molecule has 0 saturated heterocycles. The van der Waals surface area contributed by atoms with Crippen LogP contribution in [-0.2, 0) is 0 Å². The number of nitrogens with one attached hydrogen (secondary N) is 1. The summed E-state index contributed by atoms with van der Waals surface area (Å²) in [6.07, 6.45) is 1.58. The van der Waals surface area contributed by atoms with Crippen LogP contribution in [0.15, 0.2) is 10.8 Å². The van der Waals surface area contributed by atoms with E-state index < -0.39 is 0 Å². The highest BCUT2D eigenvalue weighted by molar-refractivity contribution is 9.10. The van der Waals surface area contributed by atoms with Gasteiger partial charge in [0, 0.05) is 0 Å². The molecule has 0 aliphatic carbocycles. The summed E-state index contributed by atoms with van der Waals surface area (Å²) in [7, 11) is 0. The van der Waals surface area contributed by atoms with Crippen molar-refractivity contribution in [1.82, 2.24) is 15.4 Å². The molecule has 0 amide bonds. The molecule has 0 atom stereocenters. The lowest BCUT2D eigenvalue weighted by atomic mass is 11.0. The Kier molecular flexibility index (Phi) is 3.19. The highest BCUT2D eigenvalue weighted by atomic mass is 79.9. The van der Waals surface area contributed by atoms with Gasteiger partial charge in [0.25, 0.3) is 0 Å². The third-order valence-corrected chi connectivity index (χ3v) is 0.768. The van der Waals surface area contributed by atoms with Gasteiger partial charge in [-0.15, -0.1) is 22.1 Å². The van der Waals surface area contributed by atoms with E-state index >= 15 is 0 Å². The van der Waals surface area contributed by atoms with Crippen LogP contribution in [0.25, 0.3) is 0 Å². The summed E-state index contributed by atoms with van der Waals surface area (Å²) in [6, 6.07) is 0. The van der Waals surface area contributed by atoms with E-state index in [4.69, 9.17) is 0 Å². The van der Waals surface area contributed by atoms with E-state index in [0.29, 0.717) is 0 Å². The molecule has 1 heterocycles. The molecule has 3 nitrogen and oxygen atoms in total. The Morgan fingerprint density at radius 3 is 2.57 bits per heavy atom. The maximum atomic E-state index is 3.60. The van der Waals surface area contributed by atoms with Gasteiger partial charge in [-0.3, -0.25) is 0 Å². The Bertz CT molecular complexity index is 114. The van der Waals surface area contributed by atoms with Crippen molar-refractivity contribution < 1.29 is 0 Å². The number of nitrogens with zero attached hydrogens (tertiary/aromatic N) is 2. The lowest BCUT2D eigenvalue weighted by Crippen LogP contribution is -1.63. The van der Waals surface area contributed by atoms with E-state index in [1.165, 1.54) is 0 Å². The van der Waals surface area contributed by atoms with Crippen LogP contribution in [0.2, 0.25) is 0 Å². The molecular formula is C2H3Br2N3. The molecule has 40 valence electrons. The summed E-state index contributed by atoms with van der Waals surface area (Å²) >= 11 is 3.08. The summed E-state index contributed by atoms with van der Waals surface area (Å²) in [5.74, 6) is 0. The Hall–Kier alpha value is 0.1000. The van der Waals surface area contributed by atoms with Crippen LogP contribution in [-0.4, -0.2) is 15.4 Å². The summed E-state index contributed by atoms with van der Waals surface area (Å²) in [5, 5.41) is 9.52. The molecular weight excluding hydrogens is 226 g/mol. The maximum absolute atomic E-state index is 3.60. The first-order valence-electron chi connectivity index (χ1n) is 1.41. The minimum absolute atomic E-state index is 0. The molecule has 1 aromatic rings. The molecule has 0 bridgehead atoms. The van der Waals surface area contributed by atoms with Crippen molar-refractivity contribution in [2.75, 3.05) is 0 Å². The molecule has 5 heteroatoms. The largest absolute Gasteiger partial charge is 0.197 e. The number of hydrogen-bond donors (Lipinski definition) is 1. The SMILES string of the molecule is Br.Brc1cn[nH]n1. The van der Waals surface area contributed by atoms with Crippen LogP contribution in [0.4, 0.5) is 0 Å². The maximum Gasteiger partial charge on any atom is 0.148 e. The van der Waals surface area contributed by atoms with Gasteiger partial charge < -0.3 is 0 Å². The monoisotopic (exact) mass is 227 g/mol. The zero-order valence-electron chi connectivity index (χ0n) is 3.26. The lowest BCUT2D eigenvalue weighted by Gasteiger charge is -1.59. The van der Waals surface area contributed by atoms with Gasteiger partial charge in [0.1, 0.15) is 4.60 Å². The molecule has 1 rings (SSSR count). The highest BCUT2D eigenvalue weighted by Crippen LogP contribution is 1.96. The third kappa shape index (κ3) is 2.03. The molecule has 0 radical (unpaired) electrons. The smallest absolute Gasteiger partial charge is 0.148 e. The lowest BCUT2D eigenvalue weighted by molar-refractivity contribution is 0.934. The van der Waals surface area contributed by atoms with Crippen LogP contribution < -0.4 is 0 Å². The second kappa shape index (κ2) is 3.15. The normalized spacial score (nSPS) is 7.57. The predicted molar refractivity (Wildman–Crippen MR) is 34.4 cm³/mol. The van der Waals surface area contributed by atoms with E-state index in [1.54, 1.807) is 6.20 Å². The van der Waals surface area contributed by atoms with Gasteiger partial charge in [0.05, 0.1) is 6.20 Å². The molecule has 7 heavy (non-hydrogen) atoms. The van der Waals surface area contributed by atoms with Crippen molar-refractivity contribution in [3.8, 4) is 0 Å². The summed E-state index contributed by atoms with van der Waals surface area (Å²) in [5.41, 5.74) is 0. The Balaban J connectivity index is 0.000000360. The molecule has 0 spiro atoms. The van der Waals surface area contributed by atoms with Crippen LogP contribution >= 0.6 is 32.9 Å². The zero-order valence-corrected chi connectivity index (χ0v) is 6.56. The zero-order chi connectivity index (χ0) is 4.41. The van der Waals surface area contributed by atoms with Crippen LogP contribution in [0.1, 0.15) is 0 Å². The van der Waals surface area contributed by atoms with Gasteiger partial charge in [0.15, 0.2) is 0 Å². The Morgan fingerprint density at radius 2 is 2.43 bits per heavy atom. The minimum atomic E-state index is 0. The standard InChI is InChI=1S/C2H2BrN3.BrH/c3-2-1-4-6-5-2;/h1H,(H,4,5,6);1H. The number of H-pyrrole nitrogens is 1. The number of rotatable bonds is 0. The van der Waals surface area contributed by atoms with E-state index in [-0.39, 0.29) is 17.0 Å². The summed E-state index contributed by atoms with van der Waals surface area (Å²) in [4.78, 5) is 0. The molecule has 1 N–H and O–H groups in total. The molecule has 0 unspecified atom stereocenters. The number of hydrogen-bond acceptors (Lipinski definition) is 2. The fourth-order valence-corrected chi connectivity index (χ4v) is 0.369. The number of halogens is 2. The average Bonchev–Trinajstić information content (AvgIpc) is 1.86. The van der Waals surface area contributed by atoms with Gasteiger partial charge in [-0.25, -0.2) is 0 Å². The van der Waals surface area contributed by atoms with E-state index in [1.807, 2.05) is 0 Å². The average molecular weight is 229 g/mol. The molecule has 0 aromatic carbocycles. The van der Waals surface area contributed by atoms with Gasteiger partial charge in [-0.05, 0) is 15.9 Å². The molecule has 0 aliphatic rings. The Morgan fingerprint density at radius 1 is 1.71 bits per heavy atom. The minimum Gasteiger partial charge on any atom is -0.197 e. The van der Waals surface area contributed by atoms with E-state index in [2.05, 4.69) is 31.3 Å². The summed E-state index contributed by atoms with van der Waals surface area (Å²) in [6.45, 7) is 0. The van der Waals surface area contributed by atoms with Crippen LogP contribution in [0, 0.1) is 0 Å². The van der Waals surface area contributed by atoms with Crippen molar-refractivity contribution in [3.05, 3.63) is 10.8 Å². The van der Waals surface area contributed by atoms with Gasteiger partial charge >= 0.3 is 0 Å². The van der Waals surface area contributed by atoms with Crippen molar-refractivity contribution in [2.45, 2.75) is 0 Å². The fourth-order valence-electron chi connectivity index (χ4n) is 0.188. The molecule has 0 saturated carbocycles. The topological polar surface area (TPSA) is 41.6 Å².